The van der Waals surface area contributed by atoms with Gasteiger partial charge < -0.3 is 14.6 Å². The van der Waals surface area contributed by atoms with Crippen molar-refractivity contribution in [3.63, 3.8) is 0 Å². The first-order valence-electron chi connectivity index (χ1n) is 3.26. The summed E-state index contributed by atoms with van der Waals surface area (Å²) in [4.78, 5) is 0. The van der Waals surface area contributed by atoms with E-state index in [0.717, 1.165) is 0 Å². The highest BCUT2D eigenvalue weighted by molar-refractivity contribution is 4.56. The molecule has 0 aliphatic rings. The van der Waals surface area contributed by atoms with E-state index in [1.54, 1.807) is 14.1 Å². The highest BCUT2D eigenvalue weighted by Gasteiger charge is 2.08. The number of quaternary nitrogens is 1. The number of rotatable bonds is 4. The van der Waals surface area contributed by atoms with Gasteiger partial charge in [0, 0.05) is 0 Å². The van der Waals surface area contributed by atoms with Crippen LogP contribution in [0.2, 0.25) is 0 Å². The largest absolute Gasteiger partial charge is 0.633 e. The van der Waals surface area contributed by atoms with E-state index in [0.29, 0.717) is 6.54 Å². The summed E-state index contributed by atoms with van der Waals surface area (Å²) in [6, 6.07) is 0. The minimum absolute atomic E-state index is 0.0509. The van der Waals surface area contributed by atoms with Crippen LogP contribution in [0.15, 0.2) is 12.8 Å². The fraction of sp³-hybridized carbons (Fsp3) is 0.714. The van der Waals surface area contributed by atoms with Gasteiger partial charge in [0.25, 0.3) is 0 Å². The maximum Gasteiger partial charge on any atom is 0.144 e. The zero-order chi connectivity index (χ0) is 8.20. The van der Waals surface area contributed by atoms with Crippen LogP contribution in [-0.4, -0.2) is 31.4 Å². The molecule has 0 rings (SSSR count). The molecule has 1 unspecified atom stereocenters. The maximum absolute atomic E-state index is 11.0. The fourth-order valence-electron chi connectivity index (χ4n) is 0.826. The minimum atomic E-state index is -0.324. The van der Waals surface area contributed by atoms with Crippen molar-refractivity contribution >= 4 is 0 Å². The first-order valence-corrected chi connectivity index (χ1v) is 3.26. The summed E-state index contributed by atoms with van der Waals surface area (Å²) < 4.78 is 4.64. The Morgan fingerprint density at radius 3 is 2.50 bits per heavy atom. The van der Waals surface area contributed by atoms with Crippen molar-refractivity contribution in [3.8, 4) is 0 Å². The Morgan fingerprint density at radius 1 is 1.70 bits per heavy atom. The minimum Gasteiger partial charge on any atom is -0.633 e. The summed E-state index contributed by atoms with van der Waals surface area (Å²) >= 11 is 0. The van der Waals surface area contributed by atoms with Gasteiger partial charge in [-0.25, -0.2) is 0 Å². The first kappa shape index (κ1) is 9.46. The molecular weight excluding hydrogens is 130 g/mol. The molecule has 1 atom stereocenters. The molecule has 0 aromatic heterocycles. The van der Waals surface area contributed by atoms with Crippen LogP contribution in [-0.2, 0) is 4.74 Å². The van der Waals surface area contributed by atoms with Crippen molar-refractivity contribution in [2.75, 3.05) is 20.6 Å². The van der Waals surface area contributed by atoms with Crippen molar-refractivity contribution in [2.45, 2.75) is 13.0 Å². The van der Waals surface area contributed by atoms with Gasteiger partial charge in [-0.15, -0.1) is 0 Å². The molecule has 0 aliphatic carbocycles. The average molecular weight is 145 g/mol. The normalized spacial score (nSPS) is 14.4. The molecule has 0 heterocycles. The monoisotopic (exact) mass is 145 g/mol. The fourth-order valence-corrected chi connectivity index (χ4v) is 0.826. The first-order chi connectivity index (χ1) is 4.45. The lowest BCUT2D eigenvalue weighted by Crippen LogP contribution is -2.39. The Kier molecular flexibility index (Phi) is 3.39. The Morgan fingerprint density at radius 2 is 2.20 bits per heavy atom. The highest BCUT2D eigenvalue weighted by Crippen LogP contribution is 1.99. The molecule has 0 aromatic carbocycles. The molecule has 0 saturated heterocycles. The zero-order valence-corrected chi connectivity index (χ0v) is 6.83. The van der Waals surface area contributed by atoms with Gasteiger partial charge in [0.15, 0.2) is 0 Å². The van der Waals surface area contributed by atoms with Gasteiger partial charge in [0.1, 0.15) is 12.6 Å². The summed E-state index contributed by atoms with van der Waals surface area (Å²) in [6.07, 6.45) is 1.31. The molecule has 0 fully saturated rings. The van der Waals surface area contributed by atoms with Gasteiger partial charge in [-0.05, 0) is 6.92 Å². The van der Waals surface area contributed by atoms with Crippen LogP contribution in [0.25, 0.3) is 0 Å². The second-order valence-electron chi connectivity index (χ2n) is 2.87. The maximum atomic E-state index is 11.0. The van der Waals surface area contributed by atoms with Gasteiger partial charge >= 0.3 is 0 Å². The Balaban J connectivity index is 3.56. The standard InChI is InChI=1S/C7H15NO2/c1-5-10-7(2)6-8(3,4)9/h5,7H,1,6H2,2-4H3. The van der Waals surface area contributed by atoms with Crippen molar-refractivity contribution in [1.82, 2.24) is 0 Å². The summed E-state index contributed by atoms with van der Waals surface area (Å²) in [7, 11) is 3.17. The SMILES string of the molecule is C=COC(C)C[N+](C)(C)[O-]. The summed E-state index contributed by atoms with van der Waals surface area (Å²) in [6.45, 7) is 5.70. The highest BCUT2D eigenvalue weighted by atomic mass is 16.5. The molecule has 10 heavy (non-hydrogen) atoms. The van der Waals surface area contributed by atoms with Gasteiger partial charge in [0.05, 0.1) is 20.4 Å². The molecule has 0 amide bonds. The van der Waals surface area contributed by atoms with Crippen molar-refractivity contribution in [2.24, 2.45) is 0 Å². The van der Waals surface area contributed by atoms with Gasteiger partial charge in [0.2, 0.25) is 0 Å². The molecule has 0 bridgehead atoms. The molecule has 0 aromatic rings. The topological polar surface area (TPSA) is 32.3 Å². The second-order valence-corrected chi connectivity index (χ2v) is 2.87. The molecule has 3 nitrogen and oxygen atoms in total. The molecular formula is C7H15NO2. The molecule has 0 aliphatic heterocycles. The Hall–Kier alpha value is -0.540. The molecule has 0 saturated carbocycles. The lowest BCUT2D eigenvalue weighted by molar-refractivity contribution is -0.843. The Labute approximate surface area is 62.1 Å². The summed E-state index contributed by atoms with van der Waals surface area (Å²) in [5.74, 6) is 0. The van der Waals surface area contributed by atoms with Crippen LogP contribution >= 0.6 is 0 Å². The number of hydrogen-bond acceptors (Lipinski definition) is 2. The van der Waals surface area contributed by atoms with E-state index in [1.807, 2.05) is 6.92 Å². The predicted molar refractivity (Wildman–Crippen MR) is 41.1 cm³/mol. The molecule has 0 N–H and O–H groups in total. The number of hydroxylamine groups is 3. The van der Waals surface area contributed by atoms with Crippen molar-refractivity contribution < 1.29 is 9.38 Å². The van der Waals surface area contributed by atoms with E-state index in [1.165, 1.54) is 6.26 Å². The van der Waals surface area contributed by atoms with Gasteiger partial charge in [-0.2, -0.15) is 0 Å². The van der Waals surface area contributed by atoms with E-state index in [4.69, 9.17) is 4.74 Å². The van der Waals surface area contributed by atoms with Gasteiger partial charge in [-0.1, -0.05) is 6.58 Å². The van der Waals surface area contributed by atoms with Crippen molar-refractivity contribution in [1.29, 1.82) is 0 Å². The van der Waals surface area contributed by atoms with E-state index in [2.05, 4.69) is 6.58 Å². The lowest BCUT2D eigenvalue weighted by atomic mass is 10.4. The molecule has 0 radical (unpaired) electrons. The summed E-state index contributed by atoms with van der Waals surface area (Å²) in [5.41, 5.74) is 0. The van der Waals surface area contributed by atoms with Crippen LogP contribution in [0.5, 0.6) is 0 Å². The third-order valence-electron chi connectivity index (χ3n) is 1.03. The average Bonchev–Trinajstić information content (AvgIpc) is 1.59. The Bertz CT molecular complexity index is 107. The quantitative estimate of drug-likeness (QED) is 0.337. The predicted octanol–water partition coefficient (Wildman–Crippen LogP) is 1.11. The smallest absolute Gasteiger partial charge is 0.144 e. The van der Waals surface area contributed by atoms with E-state index in [-0.39, 0.29) is 10.8 Å². The summed E-state index contributed by atoms with van der Waals surface area (Å²) in [5, 5.41) is 11.0. The molecule has 60 valence electrons. The van der Waals surface area contributed by atoms with Crippen LogP contribution in [0.3, 0.4) is 0 Å². The lowest BCUT2D eigenvalue weighted by Gasteiger charge is -2.35. The van der Waals surface area contributed by atoms with E-state index >= 15 is 0 Å². The van der Waals surface area contributed by atoms with Crippen molar-refractivity contribution in [3.05, 3.63) is 18.0 Å². The van der Waals surface area contributed by atoms with Gasteiger partial charge in [-0.3, -0.25) is 0 Å². The number of likely N-dealkylation sites (N-methyl/N-ethyl adjacent to an activating group) is 1. The number of hydrogen-bond donors (Lipinski definition) is 0. The van der Waals surface area contributed by atoms with Crippen LogP contribution < -0.4 is 0 Å². The van der Waals surface area contributed by atoms with E-state index in [9.17, 15) is 5.21 Å². The molecule has 0 spiro atoms. The zero-order valence-electron chi connectivity index (χ0n) is 6.83. The second kappa shape index (κ2) is 3.58. The third kappa shape index (κ3) is 5.59. The van der Waals surface area contributed by atoms with E-state index < -0.39 is 0 Å². The van der Waals surface area contributed by atoms with Crippen LogP contribution in [0.1, 0.15) is 6.92 Å². The number of ether oxygens (including phenoxy) is 1. The van der Waals surface area contributed by atoms with Crippen LogP contribution in [0.4, 0.5) is 0 Å². The van der Waals surface area contributed by atoms with Crippen LogP contribution in [0, 0.1) is 5.21 Å². The third-order valence-corrected chi connectivity index (χ3v) is 1.03. The number of nitrogens with zero attached hydrogens (tertiary/aromatic N) is 1. The molecule has 3 heteroatoms.